The molecule has 0 aliphatic heterocycles. The highest BCUT2D eigenvalue weighted by molar-refractivity contribution is 7.71. The molecule has 0 radical (unpaired) electrons. The average Bonchev–Trinajstić information content (AvgIpc) is 2.48. The number of nitrogen functional groups attached to an aromatic ring is 1. The summed E-state index contributed by atoms with van der Waals surface area (Å²) in [6.07, 6.45) is 1.38. The number of nitrogens with two attached hydrogens (primary N) is 1. The molecular weight excluding hydrogens is 218 g/mol. The first-order valence-corrected chi connectivity index (χ1v) is 4.41. The van der Waals surface area contributed by atoms with Gasteiger partial charge in [0.1, 0.15) is 24.3 Å². The minimum absolute atomic E-state index is 0.193. The molecule has 0 saturated heterocycles. The van der Waals surface area contributed by atoms with Crippen molar-refractivity contribution in [1.82, 2.24) is 19.2 Å². The van der Waals surface area contributed by atoms with Crippen LogP contribution in [0.2, 0.25) is 0 Å². The highest BCUT2D eigenvalue weighted by Crippen LogP contribution is 2.06. The molecule has 2 rings (SSSR count). The summed E-state index contributed by atoms with van der Waals surface area (Å²) in [5.74, 6) is -0.719. The van der Waals surface area contributed by atoms with Crippen molar-refractivity contribution in [1.29, 1.82) is 0 Å². The highest BCUT2D eigenvalue weighted by atomic mass is 32.1. The largest absolute Gasteiger partial charge is 0.480 e. The zero-order chi connectivity index (χ0) is 11.0. The summed E-state index contributed by atoms with van der Waals surface area (Å²) >= 11 is 4.92. The van der Waals surface area contributed by atoms with E-state index in [1.165, 1.54) is 21.5 Å². The van der Waals surface area contributed by atoms with Crippen molar-refractivity contribution >= 4 is 29.7 Å². The van der Waals surface area contributed by atoms with Crippen LogP contribution < -0.4 is 5.73 Å². The maximum atomic E-state index is 10.5. The Hall–Kier alpha value is -1.96. The topological polar surface area (TPSA) is 98.4 Å². The Morgan fingerprint density at radius 3 is 3.07 bits per heavy atom. The second-order valence-electron chi connectivity index (χ2n) is 2.89. The average molecular weight is 225 g/mol. The molecule has 0 spiro atoms. The minimum Gasteiger partial charge on any atom is -0.480 e. The Bertz CT molecular complexity index is 587. The van der Waals surface area contributed by atoms with Crippen molar-refractivity contribution in [3.63, 3.8) is 0 Å². The van der Waals surface area contributed by atoms with Crippen molar-refractivity contribution < 1.29 is 9.90 Å². The summed E-state index contributed by atoms with van der Waals surface area (Å²) in [5, 5.41) is 12.6. The van der Waals surface area contributed by atoms with Crippen LogP contribution in [0.3, 0.4) is 0 Å². The molecule has 0 unspecified atom stereocenters. The number of anilines is 1. The minimum atomic E-state index is -0.962. The molecule has 3 N–H and O–H groups in total. The zero-order valence-corrected chi connectivity index (χ0v) is 8.31. The van der Waals surface area contributed by atoms with E-state index in [0.29, 0.717) is 5.65 Å². The number of carbonyl (C=O) groups is 1. The molecule has 0 saturated carbocycles. The van der Waals surface area contributed by atoms with E-state index in [1.807, 2.05) is 0 Å². The normalized spacial score (nSPS) is 10.7. The van der Waals surface area contributed by atoms with E-state index in [4.69, 9.17) is 23.1 Å². The van der Waals surface area contributed by atoms with Crippen LogP contribution >= 0.6 is 12.2 Å². The smallest absolute Gasteiger partial charge is 0.323 e. The number of aliphatic carboxylic acids is 1. The lowest BCUT2D eigenvalue weighted by atomic mass is 10.5. The van der Waals surface area contributed by atoms with E-state index in [0.717, 1.165) is 0 Å². The summed E-state index contributed by atoms with van der Waals surface area (Å²) in [7, 11) is 0. The van der Waals surface area contributed by atoms with E-state index in [-0.39, 0.29) is 17.1 Å². The van der Waals surface area contributed by atoms with Gasteiger partial charge in [0.05, 0.1) is 0 Å². The molecule has 2 heterocycles. The number of fused-ring (bicyclic) bond motifs is 1. The van der Waals surface area contributed by atoms with E-state index < -0.39 is 5.97 Å². The summed E-state index contributed by atoms with van der Waals surface area (Å²) < 4.78 is 2.99. The molecule has 2 aromatic rings. The predicted octanol–water partition coefficient (Wildman–Crippen LogP) is -0.0729. The SMILES string of the molecule is Nc1cc2n(CC(=O)O)cnn2c(=S)n1. The molecule has 2 aromatic heterocycles. The molecule has 0 aromatic carbocycles. The predicted molar refractivity (Wildman–Crippen MR) is 53.9 cm³/mol. The molecular formula is C7H7N5O2S. The lowest BCUT2D eigenvalue weighted by molar-refractivity contribution is -0.137. The third-order valence-electron chi connectivity index (χ3n) is 1.81. The lowest BCUT2D eigenvalue weighted by Gasteiger charge is -1.99. The van der Waals surface area contributed by atoms with Gasteiger partial charge >= 0.3 is 5.97 Å². The van der Waals surface area contributed by atoms with Gasteiger partial charge in [0.15, 0.2) is 0 Å². The lowest BCUT2D eigenvalue weighted by Crippen LogP contribution is -2.08. The third-order valence-corrected chi connectivity index (χ3v) is 2.07. The van der Waals surface area contributed by atoms with Gasteiger partial charge in [0, 0.05) is 6.07 Å². The Morgan fingerprint density at radius 2 is 2.40 bits per heavy atom. The van der Waals surface area contributed by atoms with E-state index >= 15 is 0 Å². The van der Waals surface area contributed by atoms with Crippen molar-refractivity contribution in [3.8, 4) is 0 Å². The summed E-state index contributed by atoms with van der Waals surface area (Å²) in [6.45, 7) is -0.193. The Kier molecular flexibility index (Phi) is 2.12. The van der Waals surface area contributed by atoms with Gasteiger partial charge in [-0.25, -0.2) is 4.98 Å². The van der Waals surface area contributed by atoms with E-state index in [1.54, 1.807) is 0 Å². The molecule has 8 heteroatoms. The van der Waals surface area contributed by atoms with Crippen LogP contribution in [0.5, 0.6) is 0 Å². The van der Waals surface area contributed by atoms with Crippen LogP contribution in [0.1, 0.15) is 0 Å². The second-order valence-corrected chi connectivity index (χ2v) is 3.25. The number of hydrogen-bond donors (Lipinski definition) is 2. The number of carboxylic acids is 1. The molecule has 15 heavy (non-hydrogen) atoms. The van der Waals surface area contributed by atoms with Gasteiger partial charge in [-0.2, -0.15) is 9.61 Å². The molecule has 0 aliphatic carbocycles. The number of rotatable bonds is 2. The molecule has 0 atom stereocenters. The van der Waals surface area contributed by atoms with Gasteiger partial charge in [0.2, 0.25) is 4.77 Å². The Labute approximate surface area is 88.8 Å². The van der Waals surface area contributed by atoms with Crippen LogP contribution in [0.15, 0.2) is 12.4 Å². The number of carboxylic acid groups (broad SMARTS) is 1. The van der Waals surface area contributed by atoms with Gasteiger partial charge < -0.3 is 15.4 Å². The summed E-state index contributed by atoms with van der Waals surface area (Å²) in [5.41, 5.74) is 6.01. The van der Waals surface area contributed by atoms with Crippen molar-refractivity contribution in [2.45, 2.75) is 6.54 Å². The van der Waals surface area contributed by atoms with Crippen LogP contribution in [0, 0.1) is 4.77 Å². The van der Waals surface area contributed by atoms with Crippen LogP contribution in [0.4, 0.5) is 5.82 Å². The van der Waals surface area contributed by atoms with E-state index in [9.17, 15) is 4.79 Å². The molecule has 0 aliphatic rings. The maximum Gasteiger partial charge on any atom is 0.323 e. The summed E-state index contributed by atoms with van der Waals surface area (Å²) in [4.78, 5) is 14.4. The van der Waals surface area contributed by atoms with Gasteiger partial charge in [-0.15, -0.1) is 0 Å². The summed E-state index contributed by atoms with van der Waals surface area (Å²) in [6, 6.07) is 1.52. The molecule has 0 fully saturated rings. The first-order valence-electron chi connectivity index (χ1n) is 4.00. The molecule has 0 amide bonds. The van der Waals surface area contributed by atoms with Crippen molar-refractivity contribution in [2.24, 2.45) is 0 Å². The van der Waals surface area contributed by atoms with Crippen molar-refractivity contribution in [2.75, 3.05) is 5.73 Å². The van der Waals surface area contributed by atoms with E-state index in [2.05, 4.69) is 10.1 Å². The quantitative estimate of drug-likeness (QED) is 0.694. The van der Waals surface area contributed by atoms with Gasteiger partial charge in [-0.3, -0.25) is 4.79 Å². The first kappa shape index (κ1) is 9.59. The van der Waals surface area contributed by atoms with Gasteiger partial charge in [0.25, 0.3) is 0 Å². The highest BCUT2D eigenvalue weighted by Gasteiger charge is 2.07. The fraction of sp³-hybridized carbons (Fsp3) is 0.143. The first-order chi connectivity index (χ1) is 7.08. The fourth-order valence-electron chi connectivity index (χ4n) is 1.24. The van der Waals surface area contributed by atoms with Crippen LogP contribution in [-0.2, 0) is 11.3 Å². The maximum absolute atomic E-state index is 10.5. The number of aromatic nitrogens is 4. The zero-order valence-electron chi connectivity index (χ0n) is 7.49. The van der Waals surface area contributed by atoms with Crippen LogP contribution in [-0.4, -0.2) is 30.2 Å². The Morgan fingerprint density at radius 1 is 1.67 bits per heavy atom. The number of hydrogen-bond acceptors (Lipinski definition) is 5. The molecule has 0 bridgehead atoms. The van der Waals surface area contributed by atoms with Gasteiger partial charge in [-0.05, 0) is 12.2 Å². The fourth-order valence-corrected chi connectivity index (χ4v) is 1.48. The number of nitrogens with zero attached hydrogens (tertiary/aromatic N) is 4. The Balaban J connectivity index is 2.68. The van der Waals surface area contributed by atoms with Crippen LogP contribution in [0.25, 0.3) is 5.65 Å². The monoisotopic (exact) mass is 225 g/mol. The third kappa shape index (κ3) is 1.66. The standard InChI is InChI=1S/C7H7N5O2S/c8-4-1-5-11(2-6(13)14)3-9-12(5)7(15)10-4/h1,3H,2H2,(H,13,14)(H2,8,10,15). The second kappa shape index (κ2) is 3.31. The van der Waals surface area contributed by atoms with Gasteiger partial charge in [-0.1, -0.05) is 0 Å². The van der Waals surface area contributed by atoms with Crippen molar-refractivity contribution in [3.05, 3.63) is 17.2 Å². The molecule has 78 valence electrons. The molecule has 7 nitrogen and oxygen atoms in total.